The van der Waals surface area contributed by atoms with Crippen LogP contribution in [0.25, 0.3) is 0 Å². The number of halogens is 1. The van der Waals surface area contributed by atoms with Crippen LogP contribution >= 0.6 is 23.8 Å². The van der Waals surface area contributed by atoms with Crippen LogP contribution in [0.3, 0.4) is 0 Å². The van der Waals surface area contributed by atoms with Crippen LogP contribution in [0.15, 0.2) is 42.5 Å². The molecule has 0 unspecified atom stereocenters. The SMILES string of the molecule is COc1ccc(Cl)cc1NC(=S)N[C@H]1CCCc2ccccc21. The molecule has 23 heavy (non-hydrogen) atoms. The van der Waals surface area contributed by atoms with Crippen LogP contribution in [0.2, 0.25) is 5.02 Å². The number of hydrogen-bond donors (Lipinski definition) is 2. The molecule has 2 aromatic carbocycles. The maximum atomic E-state index is 6.06. The third-order valence-corrected chi connectivity index (χ3v) is 4.54. The zero-order valence-electron chi connectivity index (χ0n) is 12.9. The minimum Gasteiger partial charge on any atom is -0.495 e. The number of ether oxygens (including phenoxy) is 1. The first-order valence-electron chi connectivity index (χ1n) is 7.66. The van der Waals surface area contributed by atoms with Gasteiger partial charge in [0, 0.05) is 5.02 Å². The molecule has 1 aliphatic rings. The van der Waals surface area contributed by atoms with E-state index in [0.717, 1.165) is 24.9 Å². The summed E-state index contributed by atoms with van der Waals surface area (Å²) in [5, 5.41) is 7.82. The highest BCUT2D eigenvalue weighted by Gasteiger charge is 2.20. The van der Waals surface area contributed by atoms with Crippen molar-refractivity contribution in [3.05, 3.63) is 58.6 Å². The number of methoxy groups -OCH3 is 1. The molecule has 0 heterocycles. The van der Waals surface area contributed by atoms with Gasteiger partial charge in [-0.2, -0.15) is 0 Å². The lowest BCUT2D eigenvalue weighted by Crippen LogP contribution is -2.34. The molecule has 120 valence electrons. The Labute approximate surface area is 147 Å². The van der Waals surface area contributed by atoms with Crippen molar-refractivity contribution in [2.45, 2.75) is 25.3 Å². The summed E-state index contributed by atoms with van der Waals surface area (Å²) in [7, 11) is 1.63. The molecule has 2 N–H and O–H groups in total. The second-order valence-electron chi connectivity index (χ2n) is 5.59. The van der Waals surface area contributed by atoms with Gasteiger partial charge in [-0.15, -0.1) is 0 Å². The first kappa shape index (κ1) is 16.1. The standard InChI is InChI=1S/C18H19ClN2OS/c1-22-17-10-9-13(19)11-16(17)21-18(23)20-15-8-4-6-12-5-2-3-7-14(12)15/h2-3,5,7,9-11,15H,4,6,8H2,1H3,(H2,20,21,23)/t15-/m0/s1. The fourth-order valence-corrected chi connectivity index (χ4v) is 3.42. The topological polar surface area (TPSA) is 33.3 Å². The Morgan fingerprint density at radius 2 is 2.09 bits per heavy atom. The summed E-state index contributed by atoms with van der Waals surface area (Å²) in [6.45, 7) is 0. The minimum atomic E-state index is 0.241. The van der Waals surface area contributed by atoms with Crippen molar-refractivity contribution in [2.75, 3.05) is 12.4 Å². The summed E-state index contributed by atoms with van der Waals surface area (Å²) in [5.74, 6) is 0.711. The average Bonchev–Trinajstić information content (AvgIpc) is 2.55. The van der Waals surface area contributed by atoms with E-state index in [0.29, 0.717) is 15.9 Å². The Balaban J connectivity index is 1.73. The van der Waals surface area contributed by atoms with E-state index in [-0.39, 0.29) is 6.04 Å². The first-order chi connectivity index (χ1) is 11.2. The number of nitrogens with one attached hydrogen (secondary N) is 2. The van der Waals surface area contributed by atoms with Crippen molar-refractivity contribution >= 4 is 34.6 Å². The molecular formula is C18H19ClN2OS. The number of thiocarbonyl (C=S) groups is 1. The molecule has 0 aliphatic heterocycles. The van der Waals surface area contributed by atoms with Crippen molar-refractivity contribution in [1.82, 2.24) is 5.32 Å². The maximum Gasteiger partial charge on any atom is 0.171 e. The Bertz CT molecular complexity index is 720. The molecule has 1 atom stereocenters. The predicted molar refractivity (Wildman–Crippen MR) is 99.5 cm³/mol. The van der Waals surface area contributed by atoms with Crippen LogP contribution in [-0.2, 0) is 6.42 Å². The van der Waals surface area contributed by atoms with E-state index in [4.69, 9.17) is 28.6 Å². The zero-order valence-corrected chi connectivity index (χ0v) is 14.5. The van der Waals surface area contributed by atoms with E-state index in [1.165, 1.54) is 11.1 Å². The Morgan fingerprint density at radius 3 is 2.91 bits per heavy atom. The van der Waals surface area contributed by atoms with E-state index in [2.05, 4.69) is 34.9 Å². The van der Waals surface area contributed by atoms with Gasteiger partial charge >= 0.3 is 0 Å². The molecule has 0 radical (unpaired) electrons. The van der Waals surface area contributed by atoms with E-state index < -0.39 is 0 Å². The molecule has 5 heteroatoms. The summed E-state index contributed by atoms with van der Waals surface area (Å²) in [6.07, 6.45) is 3.37. The molecular weight excluding hydrogens is 328 g/mol. The number of rotatable bonds is 3. The molecule has 0 amide bonds. The van der Waals surface area contributed by atoms with Gasteiger partial charge in [0.2, 0.25) is 0 Å². The van der Waals surface area contributed by atoms with Gasteiger partial charge in [-0.25, -0.2) is 0 Å². The van der Waals surface area contributed by atoms with Crippen molar-refractivity contribution in [3.63, 3.8) is 0 Å². The highest BCUT2D eigenvalue weighted by atomic mass is 35.5. The van der Waals surface area contributed by atoms with Gasteiger partial charge in [0.25, 0.3) is 0 Å². The Kier molecular flexibility index (Phi) is 5.03. The van der Waals surface area contributed by atoms with E-state index in [9.17, 15) is 0 Å². The second kappa shape index (κ2) is 7.20. The molecule has 3 nitrogen and oxygen atoms in total. The maximum absolute atomic E-state index is 6.06. The highest BCUT2D eigenvalue weighted by molar-refractivity contribution is 7.80. The average molecular weight is 347 g/mol. The van der Waals surface area contributed by atoms with Crippen LogP contribution in [0.1, 0.15) is 30.0 Å². The Morgan fingerprint density at radius 1 is 1.26 bits per heavy atom. The highest BCUT2D eigenvalue weighted by Crippen LogP contribution is 2.30. The third-order valence-electron chi connectivity index (χ3n) is 4.08. The first-order valence-corrected chi connectivity index (χ1v) is 8.45. The lowest BCUT2D eigenvalue weighted by atomic mass is 9.88. The van der Waals surface area contributed by atoms with Gasteiger partial charge in [-0.1, -0.05) is 35.9 Å². The van der Waals surface area contributed by atoms with E-state index in [1.54, 1.807) is 13.2 Å². The van der Waals surface area contributed by atoms with Crippen LogP contribution in [0.4, 0.5) is 5.69 Å². The summed E-state index contributed by atoms with van der Waals surface area (Å²) in [5.41, 5.74) is 3.50. The van der Waals surface area contributed by atoms with Crippen molar-refractivity contribution in [3.8, 4) is 5.75 Å². The summed E-state index contributed by atoms with van der Waals surface area (Å²) in [4.78, 5) is 0. The number of aryl methyl sites for hydroxylation is 1. The molecule has 3 rings (SSSR count). The van der Waals surface area contributed by atoms with Crippen molar-refractivity contribution in [1.29, 1.82) is 0 Å². The van der Waals surface area contributed by atoms with Gasteiger partial charge in [-0.05, 0) is 60.8 Å². The number of hydrogen-bond acceptors (Lipinski definition) is 2. The summed E-state index contributed by atoms with van der Waals surface area (Å²) < 4.78 is 5.34. The Hall–Kier alpha value is -1.78. The minimum absolute atomic E-state index is 0.241. The zero-order chi connectivity index (χ0) is 16.2. The summed E-state index contributed by atoms with van der Waals surface area (Å²) in [6, 6.07) is 14.2. The smallest absolute Gasteiger partial charge is 0.171 e. The van der Waals surface area contributed by atoms with Gasteiger partial charge in [0.05, 0.1) is 18.8 Å². The largest absolute Gasteiger partial charge is 0.495 e. The van der Waals surface area contributed by atoms with Gasteiger partial charge < -0.3 is 15.4 Å². The lowest BCUT2D eigenvalue weighted by Gasteiger charge is -2.27. The number of anilines is 1. The molecule has 0 spiro atoms. The molecule has 0 fully saturated rings. The van der Waals surface area contributed by atoms with Crippen LogP contribution in [0, 0.1) is 0 Å². The predicted octanol–water partition coefficient (Wildman–Crippen LogP) is 4.71. The van der Waals surface area contributed by atoms with Crippen LogP contribution in [-0.4, -0.2) is 12.2 Å². The fraction of sp³-hybridized carbons (Fsp3) is 0.278. The fourth-order valence-electron chi connectivity index (χ4n) is 3.00. The molecule has 0 saturated heterocycles. The quantitative estimate of drug-likeness (QED) is 0.788. The van der Waals surface area contributed by atoms with Gasteiger partial charge in [0.15, 0.2) is 5.11 Å². The van der Waals surface area contributed by atoms with Gasteiger partial charge in [-0.3, -0.25) is 0 Å². The molecule has 0 saturated carbocycles. The molecule has 0 bridgehead atoms. The van der Waals surface area contributed by atoms with Gasteiger partial charge in [0.1, 0.15) is 5.75 Å². The molecule has 1 aliphatic carbocycles. The van der Waals surface area contributed by atoms with Crippen molar-refractivity contribution < 1.29 is 4.74 Å². The summed E-state index contributed by atoms with van der Waals surface area (Å²) >= 11 is 11.5. The van der Waals surface area contributed by atoms with Crippen molar-refractivity contribution in [2.24, 2.45) is 0 Å². The molecule has 0 aromatic heterocycles. The monoisotopic (exact) mass is 346 g/mol. The number of fused-ring (bicyclic) bond motifs is 1. The lowest BCUT2D eigenvalue weighted by molar-refractivity contribution is 0.417. The second-order valence-corrected chi connectivity index (χ2v) is 6.43. The van der Waals surface area contributed by atoms with E-state index in [1.807, 2.05) is 12.1 Å². The van der Waals surface area contributed by atoms with Crippen LogP contribution in [0.5, 0.6) is 5.75 Å². The third kappa shape index (κ3) is 3.77. The van der Waals surface area contributed by atoms with Crippen LogP contribution < -0.4 is 15.4 Å². The van der Waals surface area contributed by atoms with E-state index >= 15 is 0 Å². The number of benzene rings is 2. The normalized spacial score (nSPS) is 16.3. The molecule has 2 aromatic rings.